The number of hydrogen-bond donors (Lipinski definition) is 2. The third kappa shape index (κ3) is 5.57. The minimum absolute atomic E-state index is 0.0636. The molecule has 0 saturated carbocycles. The Morgan fingerprint density at radius 1 is 1.00 bits per heavy atom. The number of aromatic carboxylic acids is 1. The summed E-state index contributed by atoms with van der Waals surface area (Å²) in [6.45, 7) is 12.9. The van der Waals surface area contributed by atoms with Crippen LogP contribution in [-0.2, 0) is 5.41 Å². The molecule has 0 amide bonds. The second kappa shape index (κ2) is 10.7. The minimum Gasteiger partial charge on any atom is -0.491 e. The molecule has 6 heteroatoms. The average molecular weight is 463 g/mol. The molecule has 6 nitrogen and oxygen atoms in total. The average Bonchev–Trinajstić information content (AvgIpc) is 2.83. The van der Waals surface area contributed by atoms with Crippen LogP contribution in [0.1, 0.15) is 50.5 Å². The number of pyridine rings is 1. The maximum atomic E-state index is 11.2. The topological polar surface area (TPSA) is 82.9 Å². The highest BCUT2D eigenvalue weighted by Crippen LogP contribution is 2.39. The molecule has 0 atom stereocenters. The Labute approximate surface area is 201 Å². The molecule has 3 aromatic rings. The van der Waals surface area contributed by atoms with Crippen molar-refractivity contribution in [3.05, 3.63) is 65.9 Å². The van der Waals surface area contributed by atoms with Gasteiger partial charge in [0.15, 0.2) is 0 Å². The molecular formula is C28H34N2O4. The van der Waals surface area contributed by atoms with Crippen LogP contribution in [0.25, 0.3) is 22.4 Å². The first-order valence-corrected chi connectivity index (χ1v) is 11.7. The van der Waals surface area contributed by atoms with E-state index in [0.717, 1.165) is 29.8 Å². The molecule has 0 bridgehead atoms. The van der Waals surface area contributed by atoms with Gasteiger partial charge in [0.2, 0.25) is 0 Å². The van der Waals surface area contributed by atoms with Gasteiger partial charge in [-0.05, 0) is 72.9 Å². The lowest BCUT2D eigenvalue weighted by molar-refractivity contribution is 0.0696. The molecule has 0 aliphatic rings. The Bertz CT molecular complexity index is 1130. The lowest BCUT2D eigenvalue weighted by Crippen LogP contribution is -2.26. The summed E-state index contributed by atoms with van der Waals surface area (Å²) in [6.07, 6.45) is 1.37. The van der Waals surface area contributed by atoms with Gasteiger partial charge < -0.3 is 19.8 Å². The van der Waals surface area contributed by atoms with Gasteiger partial charge >= 0.3 is 5.97 Å². The molecule has 3 rings (SSSR count). The Morgan fingerprint density at radius 2 is 1.71 bits per heavy atom. The van der Waals surface area contributed by atoms with Crippen molar-refractivity contribution in [1.82, 2.24) is 4.98 Å². The van der Waals surface area contributed by atoms with Crippen molar-refractivity contribution in [1.29, 1.82) is 0 Å². The van der Waals surface area contributed by atoms with Crippen LogP contribution in [0.15, 0.2) is 54.7 Å². The van der Waals surface area contributed by atoms with Crippen LogP contribution in [0, 0.1) is 0 Å². The quantitative estimate of drug-likeness (QED) is 0.429. The molecule has 2 N–H and O–H groups in total. The van der Waals surface area contributed by atoms with Crippen molar-refractivity contribution in [3.8, 4) is 28.1 Å². The van der Waals surface area contributed by atoms with Crippen molar-refractivity contribution in [2.75, 3.05) is 31.2 Å². The van der Waals surface area contributed by atoms with E-state index in [1.165, 1.54) is 17.4 Å². The largest absolute Gasteiger partial charge is 0.491 e. The lowest BCUT2D eigenvalue weighted by Gasteiger charge is -2.31. The van der Waals surface area contributed by atoms with Crippen LogP contribution in [0.5, 0.6) is 5.75 Å². The van der Waals surface area contributed by atoms with E-state index >= 15 is 0 Å². The number of ether oxygens (including phenoxy) is 1. The van der Waals surface area contributed by atoms with E-state index in [9.17, 15) is 9.90 Å². The van der Waals surface area contributed by atoms with E-state index in [-0.39, 0.29) is 24.2 Å². The summed E-state index contributed by atoms with van der Waals surface area (Å²) in [6, 6.07) is 15.5. The lowest BCUT2D eigenvalue weighted by atomic mass is 9.83. The molecule has 180 valence electrons. The van der Waals surface area contributed by atoms with Crippen LogP contribution in [0.2, 0.25) is 0 Å². The van der Waals surface area contributed by atoms with E-state index in [0.29, 0.717) is 11.4 Å². The third-order valence-corrected chi connectivity index (χ3v) is 5.85. The predicted molar refractivity (Wildman–Crippen MR) is 137 cm³/mol. The zero-order chi connectivity index (χ0) is 24.9. The number of carboxylic acids is 1. The number of aliphatic hydroxyl groups excluding tert-OH is 1. The molecule has 0 radical (unpaired) electrons. The van der Waals surface area contributed by atoms with Gasteiger partial charge in [-0.25, -0.2) is 4.79 Å². The molecule has 1 heterocycles. The van der Waals surface area contributed by atoms with E-state index in [1.807, 2.05) is 18.2 Å². The van der Waals surface area contributed by atoms with Gasteiger partial charge in [0.25, 0.3) is 0 Å². The van der Waals surface area contributed by atoms with E-state index in [4.69, 9.17) is 9.84 Å². The van der Waals surface area contributed by atoms with Gasteiger partial charge in [0, 0.05) is 36.1 Å². The van der Waals surface area contributed by atoms with Crippen molar-refractivity contribution in [2.45, 2.75) is 40.0 Å². The first kappa shape index (κ1) is 25.2. The summed E-state index contributed by atoms with van der Waals surface area (Å²) < 4.78 is 5.87. The summed E-state index contributed by atoms with van der Waals surface area (Å²) in [4.78, 5) is 17.9. The Hall–Kier alpha value is -3.38. The number of rotatable bonds is 9. The van der Waals surface area contributed by atoms with Crippen LogP contribution in [0.4, 0.5) is 5.69 Å². The molecule has 34 heavy (non-hydrogen) atoms. The van der Waals surface area contributed by atoms with E-state index in [1.54, 1.807) is 12.1 Å². The summed E-state index contributed by atoms with van der Waals surface area (Å²) in [5, 5.41) is 18.5. The van der Waals surface area contributed by atoms with Gasteiger partial charge in [0.1, 0.15) is 12.4 Å². The molecule has 0 spiro atoms. The molecule has 0 aliphatic carbocycles. The summed E-state index contributed by atoms with van der Waals surface area (Å²) >= 11 is 0. The molecular weight excluding hydrogens is 428 g/mol. The van der Waals surface area contributed by atoms with Crippen LogP contribution < -0.4 is 9.64 Å². The fourth-order valence-corrected chi connectivity index (χ4v) is 4.03. The number of carboxylic acid groups (broad SMARTS) is 1. The van der Waals surface area contributed by atoms with Crippen molar-refractivity contribution < 1.29 is 19.7 Å². The highest BCUT2D eigenvalue weighted by molar-refractivity contribution is 5.87. The molecule has 1 aromatic heterocycles. The molecule has 0 fully saturated rings. The fourth-order valence-electron chi connectivity index (χ4n) is 4.03. The van der Waals surface area contributed by atoms with Crippen molar-refractivity contribution in [3.63, 3.8) is 0 Å². The molecule has 2 aromatic carbocycles. The van der Waals surface area contributed by atoms with Crippen LogP contribution in [0.3, 0.4) is 0 Å². The van der Waals surface area contributed by atoms with Gasteiger partial charge in [0.05, 0.1) is 17.9 Å². The van der Waals surface area contributed by atoms with Crippen molar-refractivity contribution >= 4 is 11.7 Å². The number of aromatic nitrogens is 1. The number of aliphatic hydroxyl groups is 1. The normalized spacial score (nSPS) is 11.4. The number of anilines is 1. The molecule has 0 saturated heterocycles. The Morgan fingerprint density at radius 3 is 2.26 bits per heavy atom. The standard InChI is InChI=1S/C28H34N2O4/c1-6-30(7-2)25-12-9-19(17-23(25)28(3,4)5)22-16-20(10-13-26(22)34-15-14-31)24-11-8-21(18-29-24)27(32)33/h8-13,16-18,31H,6-7,14-15H2,1-5H3,(H,32,33). The van der Waals surface area contributed by atoms with E-state index < -0.39 is 5.97 Å². The van der Waals surface area contributed by atoms with Crippen LogP contribution >= 0.6 is 0 Å². The number of carbonyl (C=O) groups is 1. The Kier molecular flexibility index (Phi) is 7.94. The van der Waals surface area contributed by atoms with Gasteiger partial charge in [-0.15, -0.1) is 0 Å². The molecule has 0 aliphatic heterocycles. The first-order valence-electron chi connectivity index (χ1n) is 11.7. The van der Waals surface area contributed by atoms with Gasteiger partial charge in [-0.1, -0.05) is 26.8 Å². The zero-order valence-corrected chi connectivity index (χ0v) is 20.6. The predicted octanol–water partition coefficient (Wildman–Crippen LogP) is 5.63. The van der Waals surface area contributed by atoms with Gasteiger partial charge in [-0.2, -0.15) is 0 Å². The summed E-state index contributed by atoms with van der Waals surface area (Å²) in [7, 11) is 0. The fraction of sp³-hybridized carbons (Fsp3) is 0.357. The summed E-state index contributed by atoms with van der Waals surface area (Å²) in [5.74, 6) is -0.328. The zero-order valence-electron chi connectivity index (χ0n) is 20.6. The number of benzene rings is 2. The second-order valence-electron chi connectivity index (χ2n) is 9.17. The minimum atomic E-state index is -1.00. The maximum absolute atomic E-state index is 11.2. The first-order chi connectivity index (χ1) is 16.2. The Balaban J connectivity index is 2.15. The highest BCUT2D eigenvalue weighted by Gasteiger charge is 2.22. The SMILES string of the molecule is CCN(CC)c1ccc(-c2cc(-c3ccc(C(=O)O)cn3)ccc2OCCO)cc1C(C)(C)C. The summed E-state index contributed by atoms with van der Waals surface area (Å²) in [5.41, 5.74) is 5.99. The van der Waals surface area contributed by atoms with Crippen molar-refractivity contribution in [2.24, 2.45) is 0 Å². The smallest absolute Gasteiger partial charge is 0.337 e. The van der Waals surface area contributed by atoms with E-state index in [2.05, 4.69) is 62.7 Å². The number of hydrogen-bond acceptors (Lipinski definition) is 5. The third-order valence-electron chi connectivity index (χ3n) is 5.85. The molecule has 0 unspecified atom stereocenters. The second-order valence-corrected chi connectivity index (χ2v) is 9.17. The van der Waals surface area contributed by atoms with Gasteiger partial charge in [-0.3, -0.25) is 4.98 Å². The highest BCUT2D eigenvalue weighted by atomic mass is 16.5. The number of nitrogens with zero attached hydrogens (tertiary/aromatic N) is 2. The maximum Gasteiger partial charge on any atom is 0.337 e. The van der Waals surface area contributed by atoms with Crippen LogP contribution in [-0.4, -0.2) is 47.5 Å². The monoisotopic (exact) mass is 462 g/mol.